The van der Waals surface area contributed by atoms with Gasteiger partial charge in [0.25, 0.3) is 0 Å². The zero-order chi connectivity index (χ0) is 21.8. The molecule has 4 aromatic rings. The number of pyridine rings is 1. The normalized spacial score (nSPS) is 12.0. The van der Waals surface area contributed by atoms with Gasteiger partial charge in [-0.15, -0.1) is 0 Å². The number of aryl methyl sites for hydroxylation is 2. The van der Waals surface area contributed by atoms with E-state index in [9.17, 15) is 4.79 Å². The molecular weight excluding hydrogens is 452 g/mol. The smallest absolute Gasteiger partial charge is 0.319 e. The van der Waals surface area contributed by atoms with Gasteiger partial charge >= 0.3 is 6.03 Å². The molecule has 2 aromatic carbocycles. The third-order valence-corrected chi connectivity index (χ3v) is 6.39. The Labute approximate surface area is 190 Å². The number of carbonyl (C=O) groups excluding carboxylic acids is 1. The summed E-state index contributed by atoms with van der Waals surface area (Å²) < 4.78 is 3.26. The van der Waals surface area contributed by atoms with Crippen molar-refractivity contribution in [2.24, 2.45) is 0 Å². The van der Waals surface area contributed by atoms with E-state index in [0.29, 0.717) is 6.54 Å². The maximum absolute atomic E-state index is 12.6. The highest BCUT2D eigenvalue weighted by molar-refractivity contribution is 9.10. The summed E-state index contributed by atoms with van der Waals surface area (Å²) in [6.07, 6.45) is 5.84. The fourth-order valence-electron chi connectivity index (χ4n) is 3.90. The van der Waals surface area contributed by atoms with E-state index in [0.717, 1.165) is 27.8 Å². The van der Waals surface area contributed by atoms with Crippen LogP contribution < -0.4 is 10.6 Å². The van der Waals surface area contributed by atoms with Crippen LogP contribution in [0.1, 0.15) is 29.5 Å². The topological polar surface area (TPSA) is 59.0 Å². The number of carbonyl (C=O) groups is 1. The molecule has 0 aliphatic carbocycles. The fourth-order valence-corrected chi connectivity index (χ4v) is 4.14. The number of amides is 2. The molecule has 0 aliphatic rings. The number of aromatic nitrogens is 2. The van der Waals surface area contributed by atoms with Crippen LogP contribution in [0.2, 0.25) is 0 Å². The van der Waals surface area contributed by atoms with Crippen molar-refractivity contribution in [2.45, 2.75) is 26.3 Å². The van der Waals surface area contributed by atoms with Crippen LogP contribution in [0.4, 0.5) is 10.5 Å². The van der Waals surface area contributed by atoms with Crippen molar-refractivity contribution in [3.8, 4) is 0 Å². The Morgan fingerprint density at radius 1 is 1.16 bits per heavy atom. The van der Waals surface area contributed by atoms with E-state index in [1.165, 1.54) is 16.5 Å². The molecule has 1 atom stereocenters. The Hall–Kier alpha value is -3.12. The molecule has 2 heterocycles. The second-order valence-corrected chi connectivity index (χ2v) is 8.38. The lowest BCUT2D eigenvalue weighted by Gasteiger charge is -2.18. The van der Waals surface area contributed by atoms with Crippen LogP contribution in [0.3, 0.4) is 0 Å². The van der Waals surface area contributed by atoms with E-state index in [4.69, 9.17) is 0 Å². The summed E-state index contributed by atoms with van der Waals surface area (Å²) in [4.78, 5) is 17.0. The van der Waals surface area contributed by atoms with Crippen molar-refractivity contribution < 1.29 is 4.79 Å². The predicted molar refractivity (Wildman–Crippen MR) is 130 cm³/mol. The summed E-state index contributed by atoms with van der Waals surface area (Å²) in [5, 5.41) is 7.18. The molecule has 2 amide bonds. The minimum atomic E-state index is -0.227. The average molecular weight is 477 g/mol. The highest BCUT2D eigenvalue weighted by Gasteiger charge is 2.20. The molecule has 0 aliphatic heterocycles. The molecular formula is C25H25BrN4O. The van der Waals surface area contributed by atoms with Gasteiger partial charge in [-0.1, -0.05) is 40.2 Å². The Kier molecular flexibility index (Phi) is 6.37. The number of hydrogen-bond acceptors (Lipinski definition) is 2. The maximum Gasteiger partial charge on any atom is 0.319 e. The molecule has 0 radical (unpaired) electrons. The molecule has 2 N–H and O–H groups in total. The zero-order valence-corrected chi connectivity index (χ0v) is 19.2. The molecule has 1 unspecified atom stereocenters. The standard InChI is InChI=1S/C25H25BrN4O/c1-3-30-16-22(20-8-4-5-9-24(20)30)21(18-7-6-12-27-14-18)15-28-25(31)29-19-10-11-23(26)17(2)13-19/h4-14,16,21H,3,15H2,1-2H3,(H2,28,29,31). The van der Waals surface area contributed by atoms with Gasteiger partial charge in [0.15, 0.2) is 0 Å². The molecule has 6 heteroatoms. The highest BCUT2D eigenvalue weighted by Crippen LogP contribution is 2.32. The molecule has 0 bridgehead atoms. The van der Waals surface area contributed by atoms with Crippen LogP contribution >= 0.6 is 15.9 Å². The lowest BCUT2D eigenvalue weighted by atomic mass is 9.92. The van der Waals surface area contributed by atoms with Crippen molar-refractivity contribution >= 4 is 38.6 Å². The van der Waals surface area contributed by atoms with Crippen LogP contribution in [0.15, 0.2) is 77.7 Å². The van der Waals surface area contributed by atoms with Gasteiger partial charge in [-0.25, -0.2) is 4.79 Å². The van der Waals surface area contributed by atoms with Crippen LogP contribution in [0.25, 0.3) is 10.9 Å². The zero-order valence-electron chi connectivity index (χ0n) is 17.6. The SMILES string of the molecule is CCn1cc(C(CNC(=O)Nc2ccc(Br)c(C)c2)c2cccnc2)c2ccccc21. The number of rotatable bonds is 6. The van der Waals surface area contributed by atoms with Crippen LogP contribution in [-0.2, 0) is 6.54 Å². The first-order chi connectivity index (χ1) is 15.1. The predicted octanol–water partition coefficient (Wildman–Crippen LogP) is 6.08. The van der Waals surface area contributed by atoms with Gasteiger partial charge in [-0.05, 0) is 60.9 Å². The number of anilines is 1. The largest absolute Gasteiger partial charge is 0.347 e. The molecule has 0 saturated heterocycles. The summed E-state index contributed by atoms with van der Waals surface area (Å²) in [6.45, 7) is 5.48. The molecule has 4 rings (SSSR count). The van der Waals surface area contributed by atoms with E-state index in [-0.39, 0.29) is 11.9 Å². The van der Waals surface area contributed by atoms with Crippen LogP contribution in [0.5, 0.6) is 0 Å². The minimum absolute atomic E-state index is 0.0104. The van der Waals surface area contributed by atoms with Crippen molar-refractivity contribution in [3.05, 3.63) is 94.4 Å². The summed E-state index contributed by atoms with van der Waals surface area (Å²) in [7, 11) is 0. The number of urea groups is 1. The number of benzene rings is 2. The van der Waals surface area contributed by atoms with Gasteiger partial charge in [0.2, 0.25) is 0 Å². The quantitative estimate of drug-likeness (QED) is 0.354. The molecule has 158 valence electrons. The Morgan fingerprint density at radius 3 is 2.74 bits per heavy atom. The van der Waals surface area contributed by atoms with E-state index >= 15 is 0 Å². The van der Waals surface area contributed by atoms with Crippen molar-refractivity contribution in [3.63, 3.8) is 0 Å². The fraction of sp³-hybridized carbons (Fsp3) is 0.200. The van der Waals surface area contributed by atoms with Crippen molar-refractivity contribution in [2.75, 3.05) is 11.9 Å². The first kappa shape index (κ1) is 21.1. The third-order valence-electron chi connectivity index (χ3n) is 5.50. The number of nitrogens with zero attached hydrogens (tertiary/aromatic N) is 2. The number of nitrogens with one attached hydrogen (secondary N) is 2. The number of hydrogen-bond donors (Lipinski definition) is 2. The van der Waals surface area contributed by atoms with Gasteiger partial charge in [0.1, 0.15) is 0 Å². The van der Waals surface area contributed by atoms with Gasteiger partial charge in [-0.3, -0.25) is 4.98 Å². The van der Waals surface area contributed by atoms with Crippen LogP contribution in [-0.4, -0.2) is 22.1 Å². The van der Waals surface area contributed by atoms with E-state index < -0.39 is 0 Å². The van der Waals surface area contributed by atoms with E-state index in [1.807, 2.05) is 37.4 Å². The number of fused-ring (bicyclic) bond motifs is 1. The lowest BCUT2D eigenvalue weighted by molar-refractivity contribution is 0.252. The third kappa shape index (κ3) is 4.64. The maximum atomic E-state index is 12.6. The van der Waals surface area contributed by atoms with Gasteiger partial charge in [0, 0.05) is 58.7 Å². The Morgan fingerprint density at radius 2 is 2.00 bits per heavy atom. The first-order valence-electron chi connectivity index (χ1n) is 10.4. The Balaban J connectivity index is 1.60. The molecule has 31 heavy (non-hydrogen) atoms. The summed E-state index contributed by atoms with van der Waals surface area (Å²) >= 11 is 3.49. The molecule has 0 spiro atoms. The second kappa shape index (κ2) is 9.35. The molecule has 5 nitrogen and oxygen atoms in total. The van der Waals surface area contributed by atoms with Crippen molar-refractivity contribution in [1.82, 2.24) is 14.9 Å². The number of halogens is 1. The van der Waals surface area contributed by atoms with E-state index in [2.05, 4.69) is 79.6 Å². The minimum Gasteiger partial charge on any atom is -0.347 e. The Bertz CT molecular complexity index is 1200. The summed E-state index contributed by atoms with van der Waals surface area (Å²) in [5.41, 5.74) is 5.28. The van der Waals surface area contributed by atoms with Gasteiger partial charge in [-0.2, -0.15) is 0 Å². The molecule has 0 saturated carbocycles. The van der Waals surface area contributed by atoms with Crippen LogP contribution in [0, 0.1) is 6.92 Å². The summed E-state index contributed by atoms with van der Waals surface area (Å²) in [6, 6.07) is 17.9. The summed E-state index contributed by atoms with van der Waals surface area (Å²) in [5.74, 6) is -0.0104. The number of para-hydroxylation sites is 1. The monoisotopic (exact) mass is 476 g/mol. The van der Waals surface area contributed by atoms with Gasteiger partial charge < -0.3 is 15.2 Å². The molecule has 2 aromatic heterocycles. The van der Waals surface area contributed by atoms with E-state index in [1.54, 1.807) is 6.20 Å². The lowest BCUT2D eigenvalue weighted by Crippen LogP contribution is -2.32. The first-order valence-corrected chi connectivity index (χ1v) is 11.1. The average Bonchev–Trinajstić information content (AvgIpc) is 3.16. The van der Waals surface area contributed by atoms with Crippen molar-refractivity contribution in [1.29, 1.82) is 0 Å². The second-order valence-electron chi connectivity index (χ2n) is 7.53. The molecule has 0 fully saturated rings. The highest BCUT2D eigenvalue weighted by atomic mass is 79.9. The van der Waals surface area contributed by atoms with Gasteiger partial charge in [0.05, 0.1) is 0 Å².